The maximum Gasteiger partial charge on any atom is 0.434 e. The van der Waals surface area contributed by atoms with E-state index in [-0.39, 0.29) is 5.46 Å². The summed E-state index contributed by atoms with van der Waals surface area (Å²) >= 11 is 0. The lowest BCUT2D eigenvalue weighted by molar-refractivity contribution is 0.478. The topological polar surface area (TPSA) is 23.4 Å². The van der Waals surface area contributed by atoms with Gasteiger partial charge in [0, 0.05) is 27.3 Å². The second-order valence-electron chi connectivity index (χ2n) is 8.80. The number of para-hydroxylation sites is 4. The van der Waals surface area contributed by atoms with Crippen LogP contribution in [0.3, 0.4) is 0 Å². The third kappa shape index (κ3) is 2.96. The van der Waals surface area contributed by atoms with E-state index < -0.39 is 212 Å². The van der Waals surface area contributed by atoms with Gasteiger partial charge in [-0.1, -0.05) is 96.7 Å². The number of ether oxygens (including phenoxy) is 1. The van der Waals surface area contributed by atoms with Crippen LogP contribution in [0.4, 0.5) is 0 Å². The van der Waals surface area contributed by atoms with Crippen molar-refractivity contribution in [1.29, 1.82) is 0 Å². The summed E-state index contributed by atoms with van der Waals surface area (Å²) in [5.41, 5.74) is -4.61. The molecule has 0 fully saturated rings. The number of rotatable bonds is 2. The van der Waals surface area contributed by atoms with Gasteiger partial charge < -0.3 is 14.0 Å². The lowest BCUT2D eigenvalue weighted by Gasteiger charge is -2.34. The number of hydrogen-bond acceptors (Lipinski definition) is 2. The Morgan fingerprint density at radius 1 is 0.575 bits per heavy atom. The number of fused-ring (bicyclic) bond motifs is 7. The highest BCUT2D eigenvalue weighted by Crippen LogP contribution is 2.43. The van der Waals surface area contributed by atoms with Gasteiger partial charge in [-0.15, -0.1) is 0 Å². The largest absolute Gasteiger partial charge is 0.551 e. The Bertz CT molecular complexity index is 3240. The predicted octanol–water partition coefficient (Wildman–Crippen LogP) is 7.72. The zero-order valence-electron chi connectivity index (χ0n) is 41.8. The Morgan fingerprint density at radius 2 is 1.27 bits per heavy atom. The summed E-state index contributed by atoms with van der Waals surface area (Å²) < 4.78 is 207. The molecule has 0 unspecified atom stereocenters. The minimum absolute atomic E-state index is 0.316. The van der Waals surface area contributed by atoms with Gasteiger partial charge in [0.25, 0.3) is 0 Å². The normalized spacial score (nSPS) is 20.6. The molecule has 2 aliphatic heterocycles. The Morgan fingerprint density at radius 3 is 2.08 bits per heavy atom. The van der Waals surface area contributed by atoms with E-state index in [1.165, 1.54) is 0 Å². The first kappa shape index (κ1) is 9.46. The van der Waals surface area contributed by atoms with E-state index in [9.17, 15) is 5.48 Å². The van der Waals surface area contributed by atoms with Crippen LogP contribution in [0, 0.1) is 0 Å². The molecular formula is C36H22BNO2. The Balaban J connectivity index is 1.53. The average molecular weight is 534 g/mol. The van der Waals surface area contributed by atoms with E-state index in [4.69, 9.17) is 34.1 Å². The van der Waals surface area contributed by atoms with Crippen LogP contribution in [0.25, 0.3) is 49.7 Å². The van der Waals surface area contributed by atoms with E-state index >= 15 is 0 Å². The maximum absolute atomic E-state index is 9.53. The SMILES string of the molecule is [2H]c1c([2H])c([2H])c(-c2c([2H])c3c4c(c2[2H])-c2c([2H])c([2H])c([2H])c([2H])c2OB4c2c([2H])c([2H])c([2H])c(-n4c5c([2H])c([2H])c([2H])c([2H])c5c5c([2H])c([2H])c([2H])c([2H])c54)c2O3)c([2H])c1[2H]. The molecule has 0 saturated carbocycles. The highest BCUT2D eigenvalue weighted by molar-refractivity contribution is 6.84. The third-order valence-electron chi connectivity index (χ3n) is 6.71. The van der Waals surface area contributed by atoms with E-state index in [0.29, 0.717) is 0 Å². The minimum Gasteiger partial charge on any atom is -0.551 e. The van der Waals surface area contributed by atoms with Crippen LogP contribution < -0.4 is 20.3 Å². The molecule has 186 valence electrons. The van der Waals surface area contributed by atoms with Crippen LogP contribution in [0.5, 0.6) is 17.2 Å². The fourth-order valence-corrected chi connectivity index (χ4v) is 5.08. The first-order chi connectivity index (χ1) is 29.0. The van der Waals surface area contributed by atoms with Crippen molar-refractivity contribution in [2.24, 2.45) is 0 Å². The first-order valence-electron chi connectivity index (χ1n) is 22.8. The molecule has 0 saturated heterocycles. The molecule has 0 amide bonds. The summed E-state index contributed by atoms with van der Waals surface area (Å²) in [5.74, 6) is -1.87. The molecule has 2 aliphatic rings. The van der Waals surface area contributed by atoms with Crippen molar-refractivity contribution < 1.29 is 39.5 Å². The van der Waals surface area contributed by atoms with Crippen LogP contribution in [0.1, 0.15) is 30.2 Å². The molecule has 0 radical (unpaired) electrons. The van der Waals surface area contributed by atoms with Crippen molar-refractivity contribution in [3.05, 3.63) is 133 Å². The molecule has 40 heavy (non-hydrogen) atoms. The van der Waals surface area contributed by atoms with Crippen molar-refractivity contribution >= 4 is 39.6 Å². The molecule has 0 aliphatic carbocycles. The van der Waals surface area contributed by atoms with Gasteiger partial charge in [-0.25, -0.2) is 0 Å². The van der Waals surface area contributed by atoms with Crippen LogP contribution in [-0.2, 0) is 0 Å². The van der Waals surface area contributed by atoms with Crippen LogP contribution in [0.2, 0.25) is 0 Å². The lowest BCUT2D eigenvalue weighted by atomic mass is 9.50. The summed E-state index contributed by atoms with van der Waals surface area (Å²) in [5, 5.41) is -0.818. The van der Waals surface area contributed by atoms with Crippen molar-refractivity contribution in [1.82, 2.24) is 4.57 Å². The van der Waals surface area contributed by atoms with Gasteiger partial charge >= 0.3 is 6.92 Å². The van der Waals surface area contributed by atoms with Gasteiger partial charge in [0.1, 0.15) is 17.2 Å². The van der Waals surface area contributed by atoms with Crippen LogP contribution in [0.15, 0.2) is 133 Å². The van der Waals surface area contributed by atoms with Gasteiger partial charge in [0.15, 0.2) is 0 Å². The molecule has 6 aromatic carbocycles. The van der Waals surface area contributed by atoms with Crippen molar-refractivity contribution in [2.75, 3.05) is 0 Å². The predicted molar refractivity (Wildman–Crippen MR) is 164 cm³/mol. The summed E-state index contributed by atoms with van der Waals surface area (Å²) in [6.45, 7) is -1.83. The molecule has 4 heteroatoms. The van der Waals surface area contributed by atoms with Crippen molar-refractivity contribution in [3.8, 4) is 45.2 Å². The third-order valence-corrected chi connectivity index (χ3v) is 6.71. The molecule has 0 N–H and O–H groups in total. The summed E-state index contributed by atoms with van der Waals surface area (Å²) in [6, 6.07) is -17.6. The van der Waals surface area contributed by atoms with Gasteiger partial charge in [0.2, 0.25) is 0 Å². The van der Waals surface area contributed by atoms with Crippen LogP contribution in [-0.4, -0.2) is 11.5 Å². The Hall–Kier alpha value is -5.22. The zero-order valence-corrected chi connectivity index (χ0v) is 19.8. The second-order valence-corrected chi connectivity index (χ2v) is 8.80. The highest BCUT2D eigenvalue weighted by atomic mass is 16.5. The number of nitrogens with zero attached hydrogens (tertiary/aromatic N) is 1. The molecule has 3 nitrogen and oxygen atoms in total. The summed E-state index contributed by atoms with van der Waals surface area (Å²) in [6.07, 6.45) is 0. The van der Waals surface area contributed by atoms with E-state index in [1.54, 1.807) is 0 Å². The molecule has 9 rings (SSSR count). The monoisotopic (exact) mass is 533 g/mol. The molecule has 0 atom stereocenters. The van der Waals surface area contributed by atoms with Crippen molar-refractivity contribution in [2.45, 2.75) is 0 Å². The van der Waals surface area contributed by atoms with Gasteiger partial charge in [-0.3, -0.25) is 0 Å². The minimum atomic E-state index is -1.83. The summed E-state index contributed by atoms with van der Waals surface area (Å²) in [4.78, 5) is 0. The Kier molecular flexibility index (Phi) is 1.93. The summed E-state index contributed by atoms with van der Waals surface area (Å²) in [7, 11) is 0. The number of benzene rings is 6. The van der Waals surface area contributed by atoms with E-state index in [1.807, 2.05) is 0 Å². The average Bonchev–Trinajstić information content (AvgIpc) is 3.60. The standard InChI is InChI=1S/C36H22BNO2/c1-2-11-23(12-3-1)24-21-28-27-15-6-9-20-33(27)40-37-29-16-10-19-32(36(29)39-34(22-24)35(28)37)38-30-17-7-4-13-25(30)26-14-5-8-18-31(26)38/h1-22H/i1D,2D,3D,4D,5D,6D,7D,8D,9D,10D,11D,12D,13D,14D,15D,16D,17D,18D,19D,20D,21D,22D. The zero-order chi connectivity index (χ0) is 45.4. The maximum atomic E-state index is 9.53. The molecule has 7 aromatic rings. The van der Waals surface area contributed by atoms with E-state index in [2.05, 4.69) is 0 Å². The molecule has 1 aromatic heterocycles. The van der Waals surface area contributed by atoms with Gasteiger partial charge in [0.05, 0.1) is 46.9 Å². The highest BCUT2D eigenvalue weighted by Gasteiger charge is 2.42. The van der Waals surface area contributed by atoms with Crippen molar-refractivity contribution in [3.63, 3.8) is 0 Å². The number of aromatic nitrogens is 1. The molecule has 0 bridgehead atoms. The van der Waals surface area contributed by atoms with Crippen LogP contribution >= 0.6 is 0 Å². The fourth-order valence-electron chi connectivity index (χ4n) is 5.08. The Labute approximate surface area is 262 Å². The van der Waals surface area contributed by atoms with Gasteiger partial charge in [-0.05, 0) is 52.9 Å². The smallest absolute Gasteiger partial charge is 0.434 e. The molecule has 3 heterocycles. The van der Waals surface area contributed by atoms with Gasteiger partial charge in [-0.2, -0.15) is 0 Å². The fraction of sp³-hybridized carbons (Fsp3) is 0. The number of hydrogen-bond donors (Lipinski definition) is 0. The molecule has 0 spiro atoms. The van der Waals surface area contributed by atoms with E-state index in [0.717, 1.165) is 4.57 Å². The second kappa shape index (κ2) is 8.14. The first-order valence-corrected chi connectivity index (χ1v) is 11.8. The quantitative estimate of drug-likeness (QED) is 0.213. The lowest BCUT2D eigenvalue weighted by Crippen LogP contribution is -2.53. The molecular weight excluding hydrogens is 489 g/mol.